The Morgan fingerprint density at radius 3 is 2.42 bits per heavy atom. The largest absolute Gasteiger partial charge is 0.493 e. The van der Waals surface area contributed by atoms with Crippen LogP contribution in [-0.4, -0.2) is 62.8 Å². The van der Waals surface area contributed by atoms with Crippen molar-refractivity contribution in [1.82, 2.24) is 10.2 Å². The molecule has 1 aliphatic rings. The molecule has 2 aromatic carbocycles. The molecule has 0 fully saturated rings. The lowest BCUT2D eigenvalue weighted by atomic mass is 9.87. The van der Waals surface area contributed by atoms with Crippen LogP contribution in [0.2, 0.25) is 0 Å². The summed E-state index contributed by atoms with van der Waals surface area (Å²) in [6.07, 6.45) is 2.98. The number of urea groups is 1. The summed E-state index contributed by atoms with van der Waals surface area (Å²) in [6.45, 7) is 0.410. The number of carbonyl (C=O) groups is 2. The van der Waals surface area contributed by atoms with Crippen molar-refractivity contribution < 1.29 is 28.2 Å². The van der Waals surface area contributed by atoms with Gasteiger partial charge in [0.05, 0.1) is 27.4 Å². The average molecular weight is 477 g/mol. The van der Waals surface area contributed by atoms with Gasteiger partial charge in [-0.05, 0) is 65.8 Å². The van der Waals surface area contributed by atoms with E-state index in [0.717, 1.165) is 16.7 Å². The van der Waals surface area contributed by atoms with E-state index in [9.17, 15) is 14.0 Å². The Morgan fingerprint density at radius 1 is 1.15 bits per heavy atom. The molecule has 0 aromatic heterocycles. The zero-order valence-corrected chi connectivity index (χ0v) is 20.0. The van der Waals surface area contributed by atoms with Crippen LogP contribution < -0.4 is 14.8 Å². The maximum atomic E-state index is 13.7. The Hall–Kier alpha value is -2.94. The number of ether oxygens (including phenoxy) is 3. The second-order valence-electron chi connectivity index (χ2n) is 7.61. The molecule has 1 unspecified atom stereocenters. The molecule has 1 heterocycles. The third kappa shape index (κ3) is 5.52. The summed E-state index contributed by atoms with van der Waals surface area (Å²) in [4.78, 5) is 27.3. The number of carbonyl (C=O) groups excluding carboxylic acids is 2. The Labute approximate surface area is 197 Å². The SMILES string of the molecule is COC(=O)[C@H](CCSC)NC(=O)N1CCc2cc(OC)c(OC)cc2C1c1ccc(F)cc1. The summed E-state index contributed by atoms with van der Waals surface area (Å²) in [7, 11) is 4.43. The van der Waals surface area contributed by atoms with Crippen LogP contribution in [0.4, 0.5) is 9.18 Å². The van der Waals surface area contributed by atoms with Crippen molar-refractivity contribution in [2.24, 2.45) is 0 Å². The van der Waals surface area contributed by atoms with Gasteiger partial charge in [-0.1, -0.05) is 12.1 Å². The molecule has 1 N–H and O–H groups in total. The Morgan fingerprint density at radius 2 is 1.82 bits per heavy atom. The fraction of sp³-hybridized carbons (Fsp3) is 0.417. The summed E-state index contributed by atoms with van der Waals surface area (Å²) < 4.78 is 29.5. The Bertz CT molecular complexity index is 986. The van der Waals surface area contributed by atoms with Gasteiger partial charge in [-0.15, -0.1) is 0 Å². The molecular weight excluding hydrogens is 447 g/mol. The van der Waals surface area contributed by atoms with Gasteiger partial charge in [0, 0.05) is 6.54 Å². The van der Waals surface area contributed by atoms with Crippen LogP contribution in [0.1, 0.15) is 29.2 Å². The second kappa shape index (κ2) is 11.3. The molecule has 33 heavy (non-hydrogen) atoms. The van der Waals surface area contributed by atoms with E-state index in [1.54, 1.807) is 43.0 Å². The number of esters is 1. The van der Waals surface area contributed by atoms with E-state index in [4.69, 9.17) is 14.2 Å². The maximum Gasteiger partial charge on any atom is 0.328 e. The van der Waals surface area contributed by atoms with Crippen LogP contribution in [0.15, 0.2) is 36.4 Å². The molecule has 0 saturated carbocycles. The summed E-state index contributed by atoms with van der Waals surface area (Å²) in [6, 6.07) is 8.20. The van der Waals surface area contributed by atoms with E-state index in [1.807, 2.05) is 18.4 Å². The first-order valence-corrected chi connectivity index (χ1v) is 12.0. The molecule has 2 atom stereocenters. The molecule has 0 spiro atoms. The smallest absolute Gasteiger partial charge is 0.328 e. The fourth-order valence-corrected chi connectivity index (χ4v) is 4.50. The highest BCUT2D eigenvalue weighted by molar-refractivity contribution is 7.98. The number of nitrogens with zero attached hydrogens (tertiary/aromatic N) is 1. The van der Waals surface area contributed by atoms with Gasteiger partial charge in [-0.25, -0.2) is 14.0 Å². The van der Waals surface area contributed by atoms with Gasteiger partial charge in [-0.3, -0.25) is 0 Å². The normalized spacial score (nSPS) is 15.9. The predicted molar refractivity (Wildman–Crippen MR) is 126 cm³/mol. The van der Waals surface area contributed by atoms with E-state index in [0.29, 0.717) is 36.6 Å². The van der Waals surface area contributed by atoms with Crippen LogP contribution in [0.3, 0.4) is 0 Å². The van der Waals surface area contributed by atoms with Gasteiger partial charge in [-0.2, -0.15) is 11.8 Å². The third-order valence-corrected chi connectivity index (χ3v) is 6.36. The molecule has 1 aliphatic heterocycles. The molecular formula is C24H29FN2O5S. The van der Waals surface area contributed by atoms with Crippen molar-refractivity contribution in [3.05, 3.63) is 58.9 Å². The van der Waals surface area contributed by atoms with Crippen LogP contribution in [-0.2, 0) is 16.0 Å². The summed E-state index contributed by atoms with van der Waals surface area (Å²) in [5, 5.41) is 2.83. The monoisotopic (exact) mass is 476 g/mol. The van der Waals surface area contributed by atoms with Crippen molar-refractivity contribution in [3.63, 3.8) is 0 Å². The molecule has 0 saturated heterocycles. The van der Waals surface area contributed by atoms with Crippen molar-refractivity contribution in [2.45, 2.75) is 24.9 Å². The first-order chi connectivity index (χ1) is 15.9. The van der Waals surface area contributed by atoms with E-state index in [-0.39, 0.29) is 11.8 Å². The molecule has 0 bridgehead atoms. The first kappa shape index (κ1) is 24.7. The molecule has 0 radical (unpaired) electrons. The van der Waals surface area contributed by atoms with E-state index in [1.165, 1.54) is 19.2 Å². The van der Waals surface area contributed by atoms with Gasteiger partial charge in [0.1, 0.15) is 11.9 Å². The minimum Gasteiger partial charge on any atom is -0.493 e. The number of hydrogen-bond acceptors (Lipinski definition) is 6. The van der Waals surface area contributed by atoms with Crippen LogP contribution in [0.25, 0.3) is 0 Å². The van der Waals surface area contributed by atoms with Crippen LogP contribution in [0, 0.1) is 5.82 Å². The van der Waals surface area contributed by atoms with Crippen molar-refractivity contribution in [3.8, 4) is 11.5 Å². The van der Waals surface area contributed by atoms with Crippen LogP contribution >= 0.6 is 11.8 Å². The first-order valence-electron chi connectivity index (χ1n) is 10.6. The topological polar surface area (TPSA) is 77.1 Å². The summed E-state index contributed by atoms with van der Waals surface area (Å²) >= 11 is 1.58. The summed E-state index contributed by atoms with van der Waals surface area (Å²) in [5.41, 5.74) is 2.62. The highest BCUT2D eigenvalue weighted by Crippen LogP contribution is 2.41. The quantitative estimate of drug-likeness (QED) is 0.584. The second-order valence-corrected chi connectivity index (χ2v) is 8.60. The predicted octanol–water partition coefficient (Wildman–Crippen LogP) is 3.79. The maximum absolute atomic E-state index is 13.7. The zero-order chi connectivity index (χ0) is 24.0. The fourth-order valence-electron chi connectivity index (χ4n) is 4.03. The van der Waals surface area contributed by atoms with E-state index >= 15 is 0 Å². The molecule has 2 amide bonds. The minimum atomic E-state index is -0.754. The average Bonchev–Trinajstić information content (AvgIpc) is 2.84. The third-order valence-electron chi connectivity index (χ3n) is 5.71. The molecule has 3 rings (SSSR count). The number of amides is 2. The Balaban J connectivity index is 2.01. The van der Waals surface area contributed by atoms with E-state index < -0.39 is 18.1 Å². The van der Waals surface area contributed by atoms with Gasteiger partial charge in [0.25, 0.3) is 0 Å². The molecule has 178 valence electrons. The van der Waals surface area contributed by atoms with Crippen molar-refractivity contribution in [2.75, 3.05) is 39.9 Å². The number of halogens is 1. The lowest BCUT2D eigenvalue weighted by molar-refractivity contribution is -0.142. The molecule has 2 aromatic rings. The Kier molecular flexibility index (Phi) is 8.43. The van der Waals surface area contributed by atoms with Gasteiger partial charge < -0.3 is 24.4 Å². The molecule has 9 heteroatoms. The molecule has 0 aliphatic carbocycles. The lowest BCUT2D eigenvalue weighted by Crippen LogP contribution is -2.51. The van der Waals surface area contributed by atoms with Crippen LogP contribution in [0.5, 0.6) is 11.5 Å². The lowest BCUT2D eigenvalue weighted by Gasteiger charge is -2.38. The zero-order valence-electron chi connectivity index (χ0n) is 19.2. The van der Waals surface area contributed by atoms with Gasteiger partial charge in [0.15, 0.2) is 11.5 Å². The standard InChI is InChI=1S/C24H29FN2O5S/c1-30-20-13-16-9-11-27(24(29)26-19(10-12-33-4)23(28)32-3)22(18(16)14-21(20)31-2)15-5-7-17(25)8-6-15/h5-8,13-14,19,22H,9-12H2,1-4H3,(H,26,29)/t19-,22?/m0/s1. The number of nitrogens with one attached hydrogen (secondary N) is 1. The minimum absolute atomic E-state index is 0.360. The van der Waals surface area contributed by atoms with Gasteiger partial charge >= 0.3 is 12.0 Å². The van der Waals surface area contributed by atoms with E-state index in [2.05, 4.69) is 5.32 Å². The number of benzene rings is 2. The highest BCUT2D eigenvalue weighted by Gasteiger charge is 2.35. The number of thioether (sulfide) groups is 1. The summed E-state index contributed by atoms with van der Waals surface area (Å²) in [5.74, 6) is 0.995. The number of rotatable bonds is 8. The number of fused-ring (bicyclic) bond motifs is 1. The van der Waals surface area contributed by atoms with Crippen molar-refractivity contribution >= 4 is 23.8 Å². The number of hydrogen-bond donors (Lipinski definition) is 1. The van der Waals surface area contributed by atoms with Crippen molar-refractivity contribution in [1.29, 1.82) is 0 Å². The molecule has 7 nitrogen and oxygen atoms in total. The van der Waals surface area contributed by atoms with Gasteiger partial charge in [0.2, 0.25) is 0 Å². The highest BCUT2D eigenvalue weighted by atomic mass is 32.2. The number of methoxy groups -OCH3 is 3.